The molecule has 1 fully saturated rings. The number of carbonyl (C=O) groups excluding carboxylic acids is 2. The predicted molar refractivity (Wildman–Crippen MR) is 97.3 cm³/mol. The van der Waals surface area contributed by atoms with Crippen LogP contribution in [0.1, 0.15) is 49.9 Å². The van der Waals surface area contributed by atoms with Crippen LogP contribution in [0.2, 0.25) is 0 Å². The van der Waals surface area contributed by atoms with E-state index in [1.807, 2.05) is 18.7 Å². The Hall–Kier alpha value is -2.64. The maximum atomic E-state index is 12.1. The lowest BCUT2D eigenvalue weighted by Crippen LogP contribution is -2.35. The van der Waals surface area contributed by atoms with Gasteiger partial charge in [0.25, 0.3) is 11.6 Å². The van der Waals surface area contributed by atoms with Gasteiger partial charge in [0.05, 0.1) is 10.5 Å². The van der Waals surface area contributed by atoms with Crippen molar-refractivity contribution in [3.63, 3.8) is 0 Å². The number of ether oxygens (including phenoxy) is 1. The summed E-state index contributed by atoms with van der Waals surface area (Å²) < 4.78 is 4.97. The van der Waals surface area contributed by atoms with Crippen molar-refractivity contribution in [2.24, 2.45) is 0 Å². The highest BCUT2D eigenvalue weighted by Gasteiger charge is 2.23. The van der Waals surface area contributed by atoms with Crippen LogP contribution in [0, 0.1) is 10.1 Å². The predicted octanol–water partition coefficient (Wildman–Crippen LogP) is 2.66. The number of piperidine rings is 1. The smallest absolute Gasteiger partial charge is 0.338 e. The summed E-state index contributed by atoms with van der Waals surface area (Å²) in [5, 5.41) is 14.1. The molecule has 1 amide bonds. The number of hydrogen-bond acceptors (Lipinski definition) is 6. The van der Waals surface area contributed by atoms with Crippen molar-refractivity contribution in [1.29, 1.82) is 0 Å². The molecule has 0 aliphatic carbocycles. The fourth-order valence-electron chi connectivity index (χ4n) is 2.83. The van der Waals surface area contributed by atoms with E-state index in [9.17, 15) is 19.7 Å². The number of rotatable bonds is 7. The van der Waals surface area contributed by atoms with Crippen molar-refractivity contribution >= 4 is 23.3 Å². The molecule has 142 valence electrons. The minimum atomic E-state index is -0.752. The first-order chi connectivity index (χ1) is 12.4. The highest BCUT2D eigenvalue weighted by atomic mass is 16.6. The molecule has 0 unspecified atom stereocenters. The SMILES string of the molecule is CC[C@@H](C)NC(=O)COC(=O)c1ccc(N2CCCCC2)c([N+](=O)[O-])c1. The largest absolute Gasteiger partial charge is 0.452 e. The molecule has 1 heterocycles. The number of nitrogens with one attached hydrogen (secondary N) is 1. The van der Waals surface area contributed by atoms with Crippen LogP contribution in [0.5, 0.6) is 0 Å². The van der Waals surface area contributed by atoms with Gasteiger partial charge in [0, 0.05) is 25.2 Å². The number of nitro groups is 1. The Bertz CT molecular complexity index is 671. The van der Waals surface area contributed by atoms with E-state index in [0.29, 0.717) is 5.69 Å². The van der Waals surface area contributed by atoms with Gasteiger partial charge in [-0.2, -0.15) is 0 Å². The monoisotopic (exact) mass is 363 g/mol. The fraction of sp³-hybridized carbons (Fsp3) is 0.556. The van der Waals surface area contributed by atoms with E-state index in [0.717, 1.165) is 38.8 Å². The maximum Gasteiger partial charge on any atom is 0.338 e. The molecule has 1 aromatic rings. The Labute approximate surface area is 152 Å². The molecule has 1 aliphatic rings. The second-order valence-electron chi connectivity index (χ2n) is 6.46. The zero-order valence-electron chi connectivity index (χ0n) is 15.2. The highest BCUT2D eigenvalue weighted by molar-refractivity contribution is 5.93. The highest BCUT2D eigenvalue weighted by Crippen LogP contribution is 2.31. The van der Waals surface area contributed by atoms with E-state index < -0.39 is 23.4 Å². The van der Waals surface area contributed by atoms with E-state index in [4.69, 9.17) is 4.74 Å². The van der Waals surface area contributed by atoms with E-state index in [1.54, 1.807) is 6.07 Å². The number of nitrogens with zero attached hydrogens (tertiary/aromatic N) is 2. The Morgan fingerprint density at radius 1 is 1.31 bits per heavy atom. The van der Waals surface area contributed by atoms with Gasteiger partial charge in [0.15, 0.2) is 6.61 Å². The lowest BCUT2D eigenvalue weighted by molar-refractivity contribution is -0.384. The van der Waals surface area contributed by atoms with Crippen molar-refractivity contribution in [1.82, 2.24) is 5.32 Å². The normalized spacial score (nSPS) is 15.2. The Morgan fingerprint density at radius 3 is 2.62 bits per heavy atom. The molecule has 8 heteroatoms. The number of benzene rings is 1. The number of nitro benzene ring substituents is 1. The minimum Gasteiger partial charge on any atom is -0.452 e. The number of esters is 1. The fourth-order valence-corrected chi connectivity index (χ4v) is 2.83. The van der Waals surface area contributed by atoms with E-state index >= 15 is 0 Å². The van der Waals surface area contributed by atoms with Crippen LogP contribution in [-0.4, -0.2) is 42.5 Å². The molecule has 0 aromatic heterocycles. The van der Waals surface area contributed by atoms with Crippen LogP contribution < -0.4 is 10.2 Å². The Balaban J connectivity index is 2.07. The third-order valence-electron chi connectivity index (χ3n) is 4.46. The van der Waals surface area contributed by atoms with Crippen molar-refractivity contribution < 1.29 is 19.2 Å². The summed E-state index contributed by atoms with van der Waals surface area (Å²) in [7, 11) is 0. The lowest BCUT2D eigenvalue weighted by atomic mass is 10.1. The van der Waals surface area contributed by atoms with Crippen LogP contribution in [0.15, 0.2) is 18.2 Å². The third kappa shape index (κ3) is 5.18. The molecule has 0 spiro atoms. The first-order valence-corrected chi connectivity index (χ1v) is 8.92. The quantitative estimate of drug-likeness (QED) is 0.454. The summed E-state index contributed by atoms with van der Waals surface area (Å²) in [6, 6.07) is 4.30. The first kappa shape index (κ1) is 19.7. The van der Waals surface area contributed by atoms with Gasteiger partial charge >= 0.3 is 5.97 Å². The molecule has 1 atom stereocenters. The van der Waals surface area contributed by atoms with E-state index in [1.165, 1.54) is 12.1 Å². The molecule has 0 bridgehead atoms. The van der Waals surface area contributed by atoms with Crippen LogP contribution in [0.25, 0.3) is 0 Å². The zero-order valence-corrected chi connectivity index (χ0v) is 15.2. The van der Waals surface area contributed by atoms with Gasteiger partial charge in [-0.15, -0.1) is 0 Å². The topological polar surface area (TPSA) is 102 Å². The van der Waals surface area contributed by atoms with Crippen LogP contribution in [0.4, 0.5) is 11.4 Å². The summed E-state index contributed by atoms with van der Waals surface area (Å²) in [6.07, 6.45) is 3.87. The van der Waals surface area contributed by atoms with Crippen LogP contribution >= 0.6 is 0 Å². The van der Waals surface area contributed by atoms with Gasteiger partial charge in [-0.25, -0.2) is 4.79 Å². The van der Waals surface area contributed by atoms with Gasteiger partial charge < -0.3 is 15.0 Å². The molecule has 0 saturated carbocycles. The summed E-state index contributed by atoms with van der Waals surface area (Å²) >= 11 is 0. The average molecular weight is 363 g/mol. The van der Waals surface area contributed by atoms with Gasteiger partial charge in [0.1, 0.15) is 5.69 Å². The van der Waals surface area contributed by atoms with Gasteiger partial charge in [-0.1, -0.05) is 6.92 Å². The number of amides is 1. The molecule has 0 radical (unpaired) electrons. The molecule has 2 rings (SSSR count). The Morgan fingerprint density at radius 2 is 2.00 bits per heavy atom. The number of anilines is 1. The van der Waals surface area contributed by atoms with Crippen LogP contribution in [0.3, 0.4) is 0 Å². The molecular formula is C18H25N3O5. The summed E-state index contributed by atoms with van der Waals surface area (Å²) in [5.74, 6) is -1.15. The van der Waals surface area contributed by atoms with Crippen molar-refractivity contribution in [3.8, 4) is 0 Å². The summed E-state index contributed by atoms with van der Waals surface area (Å²) in [5.41, 5.74) is 0.458. The van der Waals surface area contributed by atoms with Gasteiger partial charge in [-0.3, -0.25) is 14.9 Å². The lowest BCUT2D eigenvalue weighted by Gasteiger charge is -2.28. The van der Waals surface area contributed by atoms with Gasteiger partial charge in [0.2, 0.25) is 0 Å². The van der Waals surface area contributed by atoms with Crippen LogP contribution in [-0.2, 0) is 9.53 Å². The van der Waals surface area contributed by atoms with E-state index in [-0.39, 0.29) is 17.3 Å². The Kier molecular flexibility index (Phi) is 6.94. The summed E-state index contributed by atoms with van der Waals surface area (Å²) in [6.45, 7) is 4.90. The molecule has 1 aliphatic heterocycles. The first-order valence-electron chi connectivity index (χ1n) is 8.92. The van der Waals surface area contributed by atoms with Crippen molar-refractivity contribution in [2.75, 3.05) is 24.6 Å². The van der Waals surface area contributed by atoms with E-state index in [2.05, 4.69) is 5.32 Å². The third-order valence-corrected chi connectivity index (χ3v) is 4.46. The molecule has 1 N–H and O–H groups in total. The number of hydrogen-bond donors (Lipinski definition) is 1. The minimum absolute atomic E-state index is 0.00823. The zero-order chi connectivity index (χ0) is 19.1. The number of carbonyl (C=O) groups is 2. The maximum absolute atomic E-state index is 12.1. The molecule has 1 aromatic carbocycles. The summed E-state index contributed by atoms with van der Waals surface area (Å²) in [4.78, 5) is 36.7. The molecular weight excluding hydrogens is 338 g/mol. The van der Waals surface area contributed by atoms with Crippen molar-refractivity contribution in [2.45, 2.75) is 45.6 Å². The second kappa shape index (κ2) is 9.17. The molecule has 8 nitrogen and oxygen atoms in total. The standard InChI is InChI=1S/C18H25N3O5/c1-3-13(2)19-17(22)12-26-18(23)14-7-8-15(16(11-14)21(24)25)20-9-5-4-6-10-20/h7-8,11,13H,3-6,9-10,12H2,1-2H3,(H,19,22)/t13-/m1/s1. The second-order valence-corrected chi connectivity index (χ2v) is 6.46. The van der Waals surface area contributed by atoms with Gasteiger partial charge in [-0.05, 0) is 44.7 Å². The molecule has 26 heavy (non-hydrogen) atoms. The average Bonchev–Trinajstić information content (AvgIpc) is 2.66. The molecule has 1 saturated heterocycles. The van der Waals surface area contributed by atoms with Crippen molar-refractivity contribution in [3.05, 3.63) is 33.9 Å².